The number of thioether (sulfide) groups is 1. The maximum Gasteiger partial charge on any atom is 0.344 e. The SMILES string of the molecule is CCOC(=O)c1c2n(c3cc(-c4ccccc4)c(F)cc3c1=O)C(c1ccccc1F)S2. The van der Waals surface area contributed by atoms with Crippen LogP contribution in [-0.2, 0) is 4.74 Å². The first-order chi connectivity index (χ1) is 15.5. The zero-order valence-electron chi connectivity index (χ0n) is 17.0. The molecule has 0 radical (unpaired) electrons. The number of pyridine rings is 1. The van der Waals surface area contributed by atoms with Gasteiger partial charge in [0, 0.05) is 16.5 Å². The van der Waals surface area contributed by atoms with Gasteiger partial charge in [-0.25, -0.2) is 13.6 Å². The molecular formula is C25H17F2NO3S. The van der Waals surface area contributed by atoms with Crippen LogP contribution in [0.15, 0.2) is 76.6 Å². The highest BCUT2D eigenvalue weighted by Crippen LogP contribution is 2.51. The van der Waals surface area contributed by atoms with Gasteiger partial charge in [-0.3, -0.25) is 4.79 Å². The number of rotatable bonds is 4. The third-order valence-electron chi connectivity index (χ3n) is 5.44. The summed E-state index contributed by atoms with van der Waals surface area (Å²) in [6.45, 7) is 1.74. The quantitative estimate of drug-likeness (QED) is 0.371. The van der Waals surface area contributed by atoms with Gasteiger partial charge in [-0.15, -0.1) is 0 Å². The van der Waals surface area contributed by atoms with E-state index in [1.54, 1.807) is 60.0 Å². The maximum absolute atomic E-state index is 15.1. The van der Waals surface area contributed by atoms with E-state index in [-0.39, 0.29) is 17.6 Å². The minimum absolute atomic E-state index is 0.0515. The number of aromatic nitrogens is 1. The lowest BCUT2D eigenvalue weighted by Gasteiger charge is -2.36. The fraction of sp³-hybridized carbons (Fsp3) is 0.120. The molecular weight excluding hydrogens is 432 g/mol. The van der Waals surface area contributed by atoms with Crippen LogP contribution in [-0.4, -0.2) is 17.1 Å². The topological polar surface area (TPSA) is 48.3 Å². The number of carbonyl (C=O) groups is 1. The van der Waals surface area contributed by atoms with Crippen molar-refractivity contribution < 1.29 is 18.3 Å². The second-order valence-corrected chi connectivity index (χ2v) is 8.38. The lowest BCUT2D eigenvalue weighted by atomic mass is 10.0. The highest BCUT2D eigenvalue weighted by molar-refractivity contribution is 8.00. The Hall–Kier alpha value is -3.45. The summed E-state index contributed by atoms with van der Waals surface area (Å²) in [7, 11) is 0. The Kier molecular flexibility index (Phi) is 5.06. The van der Waals surface area contributed by atoms with Crippen molar-refractivity contribution in [3.8, 4) is 11.1 Å². The number of hydrogen-bond donors (Lipinski definition) is 0. The number of fused-ring (bicyclic) bond motifs is 3. The fourth-order valence-electron chi connectivity index (χ4n) is 3.96. The van der Waals surface area contributed by atoms with Gasteiger partial charge >= 0.3 is 5.97 Å². The highest BCUT2D eigenvalue weighted by atomic mass is 32.2. The molecule has 0 bridgehead atoms. The molecule has 4 nitrogen and oxygen atoms in total. The Labute approximate surface area is 186 Å². The molecule has 0 aliphatic carbocycles. The predicted octanol–water partition coefficient (Wildman–Crippen LogP) is 5.78. The van der Waals surface area contributed by atoms with E-state index < -0.39 is 28.4 Å². The van der Waals surface area contributed by atoms with E-state index in [0.717, 1.165) is 6.07 Å². The third-order valence-corrected chi connectivity index (χ3v) is 6.75. The van der Waals surface area contributed by atoms with Crippen LogP contribution in [0.3, 0.4) is 0 Å². The lowest BCUT2D eigenvalue weighted by Crippen LogP contribution is -2.31. The first kappa shape index (κ1) is 20.5. The van der Waals surface area contributed by atoms with Crippen molar-refractivity contribution >= 4 is 28.6 Å². The Bertz CT molecular complexity index is 1430. The molecule has 0 spiro atoms. The molecule has 1 unspecified atom stereocenters. The maximum atomic E-state index is 15.1. The number of carbonyl (C=O) groups excluding carboxylic acids is 1. The van der Waals surface area contributed by atoms with E-state index in [1.807, 2.05) is 6.07 Å². The summed E-state index contributed by atoms with van der Waals surface area (Å²) >= 11 is 1.21. The van der Waals surface area contributed by atoms with Gasteiger partial charge in [-0.1, -0.05) is 60.3 Å². The number of halogens is 2. The summed E-state index contributed by atoms with van der Waals surface area (Å²) in [5, 5.41) is -0.0630. The van der Waals surface area contributed by atoms with Crippen LogP contribution in [0.1, 0.15) is 28.2 Å². The van der Waals surface area contributed by atoms with Crippen molar-refractivity contribution in [2.24, 2.45) is 0 Å². The predicted molar refractivity (Wildman–Crippen MR) is 120 cm³/mol. The minimum atomic E-state index is -0.768. The van der Waals surface area contributed by atoms with Gasteiger partial charge in [0.25, 0.3) is 0 Å². The molecule has 160 valence electrons. The van der Waals surface area contributed by atoms with E-state index >= 15 is 4.39 Å². The summed E-state index contributed by atoms with van der Waals surface area (Å²) in [5.74, 6) is -1.74. The zero-order chi connectivity index (χ0) is 22.4. The van der Waals surface area contributed by atoms with Gasteiger partial charge in [-0.05, 0) is 30.7 Å². The van der Waals surface area contributed by atoms with E-state index in [2.05, 4.69) is 0 Å². The summed E-state index contributed by atoms with van der Waals surface area (Å²) in [5.41, 5.74) is 1.07. The van der Waals surface area contributed by atoms with Crippen molar-refractivity contribution in [1.82, 2.24) is 4.57 Å². The molecule has 1 aliphatic rings. The fourth-order valence-corrected chi connectivity index (χ4v) is 5.27. The van der Waals surface area contributed by atoms with Gasteiger partial charge in [0.05, 0.1) is 17.1 Å². The van der Waals surface area contributed by atoms with Gasteiger partial charge in [0.2, 0.25) is 5.43 Å². The van der Waals surface area contributed by atoms with Crippen LogP contribution in [0, 0.1) is 11.6 Å². The van der Waals surface area contributed by atoms with Crippen LogP contribution in [0.2, 0.25) is 0 Å². The zero-order valence-corrected chi connectivity index (χ0v) is 17.8. The monoisotopic (exact) mass is 449 g/mol. The van der Waals surface area contributed by atoms with Crippen LogP contribution in [0.25, 0.3) is 22.0 Å². The molecule has 0 amide bonds. The number of nitrogens with zero attached hydrogens (tertiary/aromatic N) is 1. The van der Waals surface area contributed by atoms with Crippen LogP contribution in [0.5, 0.6) is 0 Å². The molecule has 7 heteroatoms. The van der Waals surface area contributed by atoms with Gasteiger partial charge in [-0.2, -0.15) is 0 Å². The molecule has 1 atom stereocenters. The van der Waals surface area contributed by atoms with E-state index in [0.29, 0.717) is 27.2 Å². The molecule has 1 aromatic heterocycles. The third kappa shape index (κ3) is 3.12. The molecule has 32 heavy (non-hydrogen) atoms. The normalized spacial score (nSPS) is 14.7. The Balaban J connectivity index is 1.82. The molecule has 0 fully saturated rings. The van der Waals surface area contributed by atoms with Crippen LogP contribution >= 0.6 is 11.8 Å². The molecule has 0 saturated carbocycles. The Morgan fingerprint density at radius 2 is 1.75 bits per heavy atom. The second-order valence-electron chi connectivity index (χ2n) is 7.31. The average Bonchev–Trinajstić information content (AvgIpc) is 2.77. The molecule has 4 aromatic rings. The van der Waals surface area contributed by atoms with E-state index in [1.165, 1.54) is 17.8 Å². The van der Waals surface area contributed by atoms with E-state index in [9.17, 15) is 14.0 Å². The van der Waals surface area contributed by atoms with Gasteiger partial charge in [0.15, 0.2) is 0 Å². The lowest BCUT2D eigenvalue weighted by molar-refractivity contribution is 0.0518. The summed E-state index contributed by atoms with van der Waals surface area (Å²) in [4.78, 5) is 25.8. The standard InChI is InChI=1S/C25H17F2NO3S/c1-2-31-25(30)21-22(29)17-12-19(27)16(14-8-4-3-5-9-14)13-20(17)28-23(32-24(21)28)15-10-6-7-11-18(15)26/h3-13,23H,2H2,1H3. The van der Waals surface area contributed by atoms with Crippen molar-refractivity contribution in [3.63, 3.8) is 0 Å². The average molecular weight is 449 g/mol. The first-order valence-corrected chi connectivity index (χ1v) is 10.9. The van der Waals surface area contributed by atoms with Crippen molar-refractivity contribution in [1.29, 1.82) is 0 Å². The van der Waals surface area contributed by atoms with Crippen molar-refractivity contribution in [3.05, 3.63) is 99.7 Å². The number of hydrogen-bond acceptors (Lipinski definition) is 4. The molecule has 0 N–H and O–H groups in total. The summed E-state index contributed by atoms with van der Waals surface area (Å²) in [6, 6.07) is 18.1. The van der Waals surface area contributed by atoms with Crippen LogP contribution in [0.4, 0.5) is 8.78 Å². The minimum Gasteiger partial charge on any atom is -0.462 e. The molecule has 3 aromatic carbocycles. The molecule has 2 heterocycles. The molecule has 5 rings (SSSR count). The summed E-state index contributed by atoms with van der Waals surface area (Å²) < 4.78 is 36.5. The highest BCUT2D eigenvalue weighted by Gasteiger charge is 2.38. The van der Waals surface area contributed by atoms with Gasteiger partial charge in [0.1, 0.15) is 22.6 Å². The number of esters is 1. The first-order valence-electron chi connectivity index (χ1n) is 10.1. The molecule has 0 saturated heterocycles. The van der Waals surface area contributed by atoms with Crippen molar-refractivity contribution in [2.75, 3.05) is 6.61 Å². The van der Waals surface area contributed by atoms with Crippen LogP contribution < -0.4 is 5.43 Å². The smallest absolute Gasteiger partial charge is 0.344 e. The Morgan fingerprint density at radius 1 is 1.03 bits per heavy atom. The molecule has 1 aliphatic heterocycles. The van der Waals surface area contributed by atoms with E-state index in [4.69, 9.17) is 4.74 Å². The number of benzene rings is 3. The van der Waals surface area contributed by atoms with Gasteiger partial charge < -0.3 is 9.30 Å². The summed E-state index contributed by atoms with van der Waals surface area (Å²) in [6.07, 6.45) is 0. The largest absolute Gasteiger partial charge is 0.462 e. The van der Waals surface area contributed by atoms with Crippen molar-refractivity contribution in [2.45, 2.75) is 17.3 Å². The number of ether oxygens (including phenoxy) is 1. The Morgan fingerprint density at radius 3 is 2.47 bits per heavy atom. The second kappa shape index (κ2) is 7.91.